The number of ether oxygens (including phenoxy) is 2. The molecule has 146 valence electrons. The first kappa shape index (κ1) is 17.7. The molecule has 5 nitrogen and oxygen atoms in total. The maximum absolute atomic E-state index is 13.1. The minimum absolute atomic E-state index is 0.111. The number of rotatable bonds is 3. The molecule has 29 heavy (non-hydrogen) atoms. The Balaban J connectivity index is 1.72. The molecule has 0 aromatic heterocycles. The lowest BCUT2D eigenvalue weighted by atomic mass is 9.96. The lowest BCUT2D eigenvalue weighted by molar-refractivity contribution is -0.165. The minimum Gasteiger partial charge on any atom is -0.462 e. The van der Waals surface area contributed by atoms with Gasteiger partial charge >= 0.3 is 11.9 Å². The largest absolute Gasteiger partial charge is 0.462 e. The fourth-order valence-electron chi connectivity index (χ4n) is 4.68. The number of esters is 2. The number of benzene rings is 3. The predicted octanol–water partition coefficient (Wildman–Crippen LogP) is 4.61. The summed E-state index contributed by atoms with van der Waals surface area (Å²) in [4.78, 5) is 27.8. The van der Waals surface area contributed by atoms with Crippen molar-refractivity contribution in [1.29, 1.82) is 0 Å². The number of carbonyl (C=O) groups excluding carboxylic acids is 2. The zero-order chi connectivity index (χ0) is 20.0. The second kappa shape index (κ2) is 6.62. The molecule has 3 aromatic carbocycles. The van der Waals surface area contributed by atoms with Gasteiger partial charge in [0.2, 0.25) is 0 Å². The van der Waals surface area contributed by atoms with Gasteiger partial charge in [-0.3, -0.25) is 0 Å². The van der Waals surface area contributed by atoms with Crippen LogP contribution in [0, 0.1) is 0 Å². The lowest BCUT2D eigenvalue weighted by Gasteiger charge is -2.43. The molecule has 2 aliphatic heterocycles. The molecule has 1 saturated heterocycles. The summed E-state index contributed by atoms with van der Waals surface area (Å²) < 4.78 is 11.2. The molecule has 2 atom stereocenters. The van der Waals surface area contributed by atoms with Crippen LogP contribution >= 0.6 is 0 Å². The van der Waals surface area contributed by atoms with Gasteiger partial charge in [-0.05, 0) is 41.8 Å². The molecule has 0 amide bonds. The third-order valence-corrected chi connectivity index (χ3v) is 5.88. The van der Waals surface area contributed by atoms with Gasteiger partial charge in [-0.15, -0.1) is 0 Å². The summed E-state index contributed by atoms with van der Waals surface area (Å²) in [6, 6.07) is 21.6. The third kappa shape index (κ3) is 2.54. The molecule has 5 rings (SSSR count). The third-order valence-electron chi connectivity index (χ3n) is 5.88. The van der Waals surface area contributed by atoms with E-state index in [4.69, 9.17) is 9.47 Å². The van der Waals surface area contributed by atoms with Crippen LogP contribution < -0.4 is 4.90 Å². The van der Waals surface area contributed by atoms with Crippen molar-refractivity contribution < 1.29 is 19.1 Å². The van der Waals surface area contributed by atoms with Crippen LogP contribution in [-0.4, -0.2) is 24.3 Å². The maximum atomic E-state index is 13.1. The fraction of sp³-hybridized carbons (Fsp3) is 0.250. The van der Waals surface area contributed by atoms with Crippen molar-refractivity contribution in [2.45, 2.75) is 31.5 Å². The summed E-state index contributed by atoms with van der Waals surface area (Å²) in [7, 11) is 0. The summed E-state index contributed by atoms with van der Waals surface area (Å²) in [5.74, 6) is -0.992. The Labute approximate surface area is 168 Å². The highest BCUT2D eigenvalue weighted by molar-refractivity contribution is 6.03. The molecule has 1 fully saturated rings. The average Bonchev–Trinajstić information content (AvgIpc) is 3.14. The van der Waals surface area contributed by atoms with Crippen molar-refractivity contribution in [2.24, 2.45) is 0 Å². The van der Waals surface area contributed by atoms with E-state index in [0.29, 0.717) is 24.1 Å². The van der Waals surface area contributed by atoms with Crippen LogP contribution in [0.5, 0.6) is 0 Å². The second-order valence-electron chi connectivity index (χ2n) is 7.40. The molecule has 5 heteroatoms. The molecule has 0 N–H and O–H groups in total. The molecular weight excluding hydrogens is 366 g/mol. The smallest absolute Gasteiger partial charge is 0.372 e. The van der Waals surface area contributed by atoms with Crippen molar-refractivity contribution in [3.63, 3.8) is 0 Å². The Bertz CT molecular complexity index is 1120. The Morgan fingerprint density at radius 2 is 1.86 bits per heavy atom. The second-order valence-corrected chi connectivity index (χ2v) is 7.40. The minimum atomic E-state index is -1.43. The van der Waals surface area contributed by atoms with Gasteiger partial charge in [-0.2, -0.15) is 0 Å². The van der Waals surface area contributed by atoms with Gasteiger partial charge in [0.05, 0.1) is 23.9 Å². The first-order valence-electron chi connectivity index (χ1n) is 9.92. The van der Waals surface area contributed by atoms with Crippen LogP contribution in [-0.2, 0) is 14.3 Å². The Morgan fingerprint density at radius 1 is 1.10 bits per heavy atom. The topological polar surface area (TPSA) is 55.8 Å². The van der Waals surface area contributed by atoms with Crippen molar-refractivity contribution >= 4 is 28.4 Å². The molecule has 0 saturated carbocycles. The summed E-state index contributed by atoms with van der Waals surface area (Å²) in [5, 5.41) is 2.27. The molecule has 3 aromatic rings. The number of anilines is 1. The summed E-state index contributed by atoms with van der Waals surface area (Å²) in [6.07, 6.45) is 1.06. The maximum Gasteiger partial charge on any atom is 0.372 e. The highest BCUT2D eigenvalue weighted by atomic mass is 16.6. The number of nitrogens with zero attached hydrogens (tertiary/aromatic N) is 1. The monoisotopic (exact) mass is 387 g/mol. The number of carbonyl (C=O) groups is 2. The van der Waals surface area contributed by atoms with E-state index in [0.717, 1.165) is 16.3 Å². The number of fused-ring (bicyclic) bond motifs is 4. The SMILES string of the molecule is CCOC(=O)[C@@]12CC[C@@H](c3cccc4ccccc34)N1c1ccccc1C(=O)O2. The quantitative estimate of drug-likeness (QED) is 0.614. The molecule has 0 unspecified atom stereocenters. The van der Waals surface area contributed by atoms with Crippen molar-refractivity contribution in [3.8, 4) is 0 Å². The van der Waals surface area contributed by atoms with Crippen molar-refractivity contribution in [3.05, 3.63) is 77.9 Å². The fourth-order valence-corrected chi connectivity index (χ4v) is 4.68. The summed E-state index contributed by atoms with van der Waals surface area (Å²) in [5.41, 5.74) is 0.872. The first-order valence-corrected chi connectivity index (χ1v) is 9.92. The Morgan fingerprint density at radius 3 is 2.72 bits per heavy atom. The van der Waals surface area contributed by atoms with E-state index in [1.807, 2.05) is 35.2 Å². The number of hydrogen-bond acceptors (Lipinski definition) is 5. The van der Waals surface area contributed by atoms with E-state index in [1.165, 1.54) is 0 Å². The van der Waals surface area contributed by atoms with E-state index >= 15 is 0 Å². The van der Waals surface area contributed by atoms with Crippen molar-refractivity contribution in [1.82, 2.24) is 0 Å². The standard InChI is InChI=1S/C24H21NO4/c1-2-28-23(27)24-15-14-21(18-12-7-9-16-8-3-4-10-17(16)18)25(24)20-13-6-5-11-19(20)22(26)29-24/h3-13,21H,2,14-15H2,1H3/t21-,24-/m0/s1. The molecular formula is C24H21NO4. The van der Waals surface area contributed by atoms with Gasteiger partial charge in [0, 0.05) is 6.42 Å². The van der Waals surface area contributed by atoms with E-state index in [1.54, 1.807) is 19.1 Å². The Kier molecular flexibility index (Phi) is 4.05. The van der Waals surface area contributed by atoms with Gasteiger partial charge in [-0.1, -0.05) is 54.6 Å². The average molecular weight is 387 g/mol. The van der Waals surface area contributed by atoms with Gasteiger partial charge in [0.15, 0.2) is 0 Å². The van der Waals surface area contributed by atoms with Crippen LogP contribution in [0.15, 0.2) is 66.7 Å². The van der Waals surface area contributed by atoms with Crippen LogP contribution in [0.1, 0.15) is 41.7 Å². The van der Waals surface area contributed by atoms with Gasteiger partial charge < -0.3 is 14.4 Å². The lowest BCUT2D eigenvalue weighted by Crippen LogP contribution is -2.58. The van der Waals surface area contributed by atoms with E-state index in [9.17, 15) is 9.59 Å². The summed E-state index contributed by atoms with van der Waals surface area (Å²) >= 11 is 0. The highest BCUT2D eigenvalue weighted by Gasteiger charge is 2.60. The highest BCUT2D eigenvalue weighted by Crippen LogP contribution is 2.51. The number of para-hydroxylation sites is 1. The molecule has 0 spiro atoms. The molecule has 0 bridgehead atoms. The molecule has 2 heterocycles. The Hall–Kier alpha value is -3.34. The van der Waals surface area contributed by atoms with Crippen LogP contribution in [0.3, 0.4) is 0 Å². The zero-order valence-corrected chi connectivity index (χ0v) is 16.1. The van der Waals surface area contributed by atoms with Crippen LogP contribution in [0.2, 0.25) is 0 Å². The molecule has 0 radical (unpaired) electrons. The van der Waals surface area contributed by atoms with E-state index in [-0.39, 0.29) is 12.6 Å². The zero-order valence-electron chi connectivity index (χ0n) is 16.1. The molecule has 2 aliphatic rings. The predicted molar refractivity (Wildman–Crippen MR) is 110 cm³/mol. The van der Waals surface area contributed by atoms with Crippen LogP contribution in [0.25, 0.3) is 10.8 Å². The first-order chi connectivity index (χ1) is 14.2. The van der Waals surface area contributed by atoms with Crippen LogP contribution in [0.4, 0.5) is 5.69 Å². The van der Waals surface area contributed by atoms with E-state index < -0.39 is 17.7 Å². The molecule has 0 aliphatic carbocycles. The van der Waals surface area contributed by atoms with Gasteiger partial charge in [-0.25, -0.2) is 9.59 Å². The van der Waals surface area contributed by atoms with Crippen molar-refractivity contribution in [2.75, 3.05) is 11.5 Å². The van der Waals surface area contributed by atoms with Gasteiger partial charge in [0.25, 0.3) is 5.72 Å². The summed E-state index contributed by atoms with van der Waals surface area (Å²) in [6.45, 7) is 1.99. The van der Waals surface area contributed by atoms with Gasteiger partial charge in [0.1, 0.15) is 0 Å². The normalized spacial score (nSPS) is 22.7. The van der Waals surface area contributed by atoms with E-state index in [2.05, 4.69) is 24.3 Å². The number of hydrogen-bond donors (Lipinski definition) is 0.